The molecule has 0 aliphatic carbocycles. The van der Waals surface area contributed by atoms with Gasteiger partial charge in [-0.1, -0.05) is 22.0 Å². The summed E-state index contributed by atoms with van der Waals surface area (Å²) < 4.78 is 6.34. The minimum absolute atomic E-state index is 0.0119. The number of amides is 1. The molecule has 0 saturated heterocycles. The Morgan fingerprint density at radius 1 is 1.32 bits per heavy atom. The quantitative estimate of drug-likeness (QED) is 0.577. The third-order valence-electron chi connectivity index (χ3n) is 2.74. The number of carbonyl (C=O) groups is 1. The molecular formula is C15H12Br2N2O3. The molecule has 5 nitrogen and oxygen atoms in total. The molecule has 2 aromatic carbocycles. The number of nitrogens with zero attached hydrogens (tertiary/aromatic N) is 1. The van der Waals surface area contributed by atoms with Crippen LogP contribution in [0.1, 0.15) is 15.9 Å². The van der Waals surface area contributed by atoms with Crippen molar-refractivity contribution in [2.24, 2.45) is 5.10 Å². The topological polar surface area (TPSA) is 70.9 Å². The van der Waals surface area contributed by atoms with Gasteiger partial charge in [0.25, 0.3) is 5.91 Å². The standard InChI is InChI=1S/C15H12Br2N2O3/c1-22-13-6-9(5-12(17)14(13)20)8-18-19-15(21)10-3-2-4-11(16)7-10/h2-8,20H,1H3,(H,19,21)/b18-8-. The molecule has 0 spiro atoms. The summed E-state index contributed by atoms with van der Waals surface area (Å²) >= 11 is 6.52. The van der Waals surface area contributed by atoms with Gasteiger partial charge in [-0.15, -0.1) is 0 Å². The number of methoxy groups -OCH3 is 1. The van der Waals surface area contributed by atoms with Gasteiger partial charge in [-0.3, -0.25) is 4.79 Å². The van der Waals surface area contributed by atoms with Crippen LogP contribution in [0.2, 0.25) is 0 Å². The number of hydrogen-bond acceptors (Lipinski definition) is 4. The molecule has 0 radical (unpaired) electrons. The smallest absolute Gasteiger partial charge is 0.271 e. The van der Waals surface area contributed by atoms with Crippen molar-refractivity contribution in [1.82, 2.24) is 5.43 Å². The molecule has 0 aliphatic rings. The van der Waals surface area contributed by atoms with Crippen LogP contribution >= 0.6 is 31.9 Å². The molecule has 0 atom stereocenters. The fourth-order valence-electron chi connectivity index (χ4n) is 1.68. The molecule has 114 valence electrons. The number of nitrogens with one attached hydrogen (secondary N) is 1. The van der Waals surface area contributed by atoms with Gasteiger partial charge in [0.15, 0.2) is 11.5 Å². The lowest BCUT2D eigenvalue weighted by atomic mass is 10.2. The van der Waals surface area contributed by atoms with Crippen molar-refractivity contribution in [2.45, 2.75) is 0 Å². The van der Waals surface area contributed by atoms with Gasteiger partial charge < -0.3 is 9.84 Å². The second-order valence-electron chi connectivity index (χ2n) is 4.26. The minimum Gasteiger partial charge on any atom is -0.503 e. The molecule has 2 rings (SSSR count). The molecule has 0 unspecified atom stereocenters. The summed E-state index contributed by atoms with van der Waals surface area (Å²) in [5.74, 6) is 0.00863. The Hall–Kier alpha value is -1.86. The van der Waals surface area contributed by atoms with Gasteiger partial charge >= 0.3 is 0 Å². The number of hydrazone groups is 1. The molecule has 0 heterocycles. The first-order valence-electron chi connectivity index (χ1n) is 6.16. The van der Waals surface area contributed by atoms with Gasteiger partial charge in [0, 0.05) is 10.0 Å². The van der Waals surface area contributed by atoms with E-state index in [0.29, 0.717) is 21.3 Å². The van der Waals surface area contributed by atoms with E-state index < -0.39 is 0 Å². The molecule has 0 saturated carbocycles. The van der Waals surface area contributed by atoms with Gasteiger partial charge in [-0.25, -0.2) is 5.43 Å². The van der Waals surface area contributed by atoms with E-state index in [9.17, 15) is 9.90 Å². The monoisotopic (exact) mass is 426 g/mol. The van der Waals surface area contributed by atoms with Crippen LogP contribution in [0.15, 0.2) is 50.4 Å². The zero-order chi connectivity index (χ0) is 16.1. The molecule has 0 fully saturated rings. The van der Waals surface area contributed by atoms with E-state index in [-0.39, 0.29) is 11.7 Å². The molecule has 0 bridgehead atoms. The summed E-state index contributed by atoms with van der Waals surface area (Å²) in [5, 5.41) is 13.6. The number of benzene rings is 2. The zero-order valence-corrected chi connectivity index (χ0v) is 14.7. The fraction of sp³-hybridized carbons (Fsp3) is 0.0667. The second-order valence-corrected chi connectivity index (χ2v) is 6.03. The normalized spacial score (nSPS) is 10.7. The first kappa shape index (κ1) is 16.5. The highest BCUT2D eigenvalue weighted by molar-refractivity contribution is 9.10. The number of phenolic OH excluding ortho intramolecular Hbond substituents is 1. The molecule has 22 heavy (non-hydrogen) atoms. The summed E-state index contributed by atoms with van der Waals surface area (Å²) in [5.41, 5.74) is 3.60. The lowest BCUT2D eigenvalue weighted by molar-refractivity contribution is 0.0955. The summed E-state index contributed by atoms with van der Waals surface area (Å²) in [6.45, 7) is 0. The summed E-state index contributed by atoms with van der Waals surface area (Å²) in [4.78, 5) is 11.9. The fourth-order valence-corrected chi connectivity index (χ4v) is 2.54. The van der Waals surface area contributed by atoms with Crippen LogP contribution in [0.5, 0.6) is 11.5 Å². The third kappa shape index (κ3) is 4.08. The van der Waals surface area contributed by atoms with Crippen molar-refractivity contribution >= 4 is 44.0 Å². The third-order valence-corrected chi connectivity index (χ3v) is 3.83. The van der Waals surface area contributed by atoms with Crippen LogP contribution in [0.3, 0.4) is 0 Å². The summed E-state index contributed by atoms with van der Waals surface area (Å²) in [6, 6.07) is 10.3. The Labute approximate surface area is 144 Å². The number of aromatic hydroxyl groups is 1. The number of rotatable bonds is 4. The van der Waals surface area contributed by atoms with Crippen molar-refractivity contribution < 1.29 is 14.6 Å². The Kier molecular flexibility index (Phi) is 5.57. The largest absolute Gasteiger partial charge is 0.503 e. The molecular weight excluding hydrogens is 416 g/mol. The molecule has 0 aliphatic heterocycles. The highest BCUT2D eigenvalue weighted by Crippen LogP contribution is 2.34. The Morgan fingerprint density at radius 3 is 2.77 bits per heavy atom. The van der Waals surface area contributed by atoms with Gasteiger partial charge in [-0.05, 0) is 51.8 Å². The minimum atomic E-state index is -0.317. The average molecular weight is 428 g/mol. The number of ether oxygens (including phenoxy) is 1. The maximum Gasteiger partial charge on any atom is 0.271 e. The lowest BCUT2D eigenvalue weighted by Crippen LogP contribution is -2.17. The van der Waals surface area contributed by atoms with Crippen molar-refractivity contribution in [3.8, 4) is 11.5 Å². The van der Waals surface area contributed by atoms with Crippen LogP contribution in [0.4, 0.5) is 0 Å². The number of carbonyl (C=O) groups excluding carboxylic acids is 1. The highest BCUT2D eigenvalue weighted by Gasteiger charge is 2.08. The first-order valence-corrected chi connectivity index (χ1v) is 7.75. The maximum absolute atomic E-state index is 11.9. The van der Waals surface area contributed by atoms with Crippen LogP contribution in [0, 0.1) is 0 Å². The first-order chi connectivity index (χ1) is 10.5. The molecule has 2 N–H and O–H groups in total. The maximum atomic E-state index is 11.9. The molecule has 2 aromatic rings. The van der Waals surface area contributed by atoms with E-state index in [1.165, 1.54) is 13.3 Å². The molecule has 0 aromatic heterocycles. The lowest BCUT2D eigenvalue weighted by Gasteiger charge is -2.06. The van der Waals surface area contributed by atoms with Crippen LogP contribution in [-0.4, -0.2) is 24.3 Å². The molecule has 1 amide bonds. The van der Waals surface area contributed by atoms with Gasteiger partial charge in [0.05, 0.1) is 17.8 Å². The average Bonchev–Trinajstić information content (AvgIpc) is 2.50. The van der Waals surface area contributed by atoms with Gasteiger partial charge in [-0.2, -0.15) is 5.10 Å². The van der Waals surface area contributed by atoms with Crippen LogP contribution < -0.4 is 10.2 Å². The van der Waals surface area contributed by atoms with Crippen molar-refractivity contribution in [1.29, 1.82) is 0 Å². The van der Waals surface area contributed by atoms with Crippen molar-refractivity contribution in [2.75, 3.05) is 7.11 Å². The van der Waals surface area contributed by atoms with Crippen molar-refractivity contribution in [3.63, 3.8) is 0 Å². The number of hydrogen-bond donors (Lipinski definition) is 2. The van der Waals surface area contributed by atoms with E-state index in [1.54, 1.807) is 30.3 Å². The van der Waals surface area contributed by atoms with E-state index in [1.807, 2.05) is 6.07 Å². The SMILES string of the molecule is COc1cc(/C=N\NC(=O)c2cccc(Br)c2)cc(Br)c1O. The summed E-state index contributed by atoms with van der Waals surface area (Å²) in [7, 11) is 1.46. The molecule has 7 heteroatoms. The Balaban J connectivity index is 2.10. The van der Waals surface area contributed by atoms with Crippen molar-refractivity contribution in [3.05, 3.63) is 56.5 Å². The Bertz CT molecular complexity index is 733. The number of phenols is 1. The predicted octanol–water partition coefficient (Wildman–Crippen LogP) is 3.69. The van der Waals surface area contributed by atoms with Crippen LogP contribution in [-0.2, 0) is 0 Å². The predicted molar refractivity (Wildman–Crippen MR) is 91.6 cm³/mol. The van der Waals surface area contributed by atoms with E-state index in [0.717, 1.165) is 4.47 Å². The Morgan fingerprint density at radius 2 is 2.09 bits per heavy atom. The van der Waals surface area contributed by atoms with Gasteiger partial charge in [0.1, 0.15) is 0 Å². The highest BCUT2D eigenvalue weighted by atomic mass is 79.9. The van der Waals surface area contributed by atoms with E-state index >= 15 is 0 Å². The van der Waals surface area contributed by atoms with E-state index in [4.69, 9.17) is 4.74 Å². The summed E-state index contributed by atoms with van der Waals surface area (Å²) in [6.07, 6.45) is 1.46. The number of halogens is 2. The second kappa shape index (κ2) is 7.42. The zero-order valence-electron chi connectivity index (χ0n) is 11.5. The van der Waals surface area contributed by atoms with E-state index in [2.05, 4.69) is 42.4 Å². The van der Waals surface area contributed by atoms with Crippen LogP contribution in [0.25, 0.3) is 0 Å². The van der Waals surface area contributed by atoms with Gasteiger partial charge in [0.2, 0.25) is 0 Å².